The summed E-state index contributed by atoms with van der Waals surface area (Å²) >= 11 is 6.10. The molecule has 0 spiro atoms. The summed E-state index contributed by atoms with van der Waals surface area (Å²) < 4.78 is 0. The van der Waals surface area contributed by atoms with Crippen molar-refractivity contribution in [3.05, 3.63) is 70.0 Å². The van der Waals surface area contributed by atoms with Gasteiger partial charge in [0, 0.05) is 55.2 Å². The molecule has 1 amide bonds. The molecule has 0 saturated carbocycles. The topological polar surface area (TPSA) is 117 Å². The minimum Gasteiger partial charge on any atom is -0.368 e. The minimum atomic E-state index is -0.466. The zero-order valence-electron chi connectivity index (χ0n) is 17.9. The predicted octanol–water partition coefficient (Wildman–Crippen LogP) is 4.07. The molecule has 1 saturated heterocycles. The summed E-state index contributed by atoms with van der Waals surface area (Å²) in [4.78, 5) is 35.1. The highest BCUT2D eigenvalue weighted by Gasteiger charge is 2.29. The van der Waals surface area contributed by atoms with Crippen LogP contribution in [0.5, 0.6) is 0 Å². The number of nitro groups is 1. The number of carbonyl (C=O) groups is 1. The summed E-state index contributed by atoms with van der Waals surface area (Å²) in [6.07, 6.45) is 1.32. The number of carbonyl (C=O) groups excluding carboxylic acids is 1. The van der Waals surface area contributed by atoms with Crippen LogP contribution in [0.4, 0.5) is 34.4 Å². The Hall–Kier alpha value is -3.92. The van der Waals surface area contributed by atoms with E-state index in [4.69, 9.17) is 11.6 Å². The van der Waals surface area contributed by atoms with E-state index in [-0.39, 0.29) is 23.2 Å². The van der Waals surface area contributed by atoms with Crippen molar-refractivity contribution < 1.29 is 9.72 Å². The van der Waals surface area contributed by atoms with Crippen LogP contribution in [0.3, 0.4) is 0 Å². The molecule has 0 atom stereocenters. The third-order valence-corrected chi connectivity index (χ3v) is 5.44. The van der Waals surface area contributed by atoms with Gasteiger partial charge in [0.2, 0.25) is 17.5 Å². The van der Waals surface area contributed by atoms with Crippen LogP contribution in [0.15, 0.2) is 54.9 Å². The van der Waals surface area contributed by atoms with E-state index in [1.54, 1.807) is 24.3 Å². The van der Waals surface area contributed by atoms with Crippen molar-refractivity contribution in [2.45, 2.75) is 6.92 Å². The molecule has 2 heterocycles. The summed E-state index contributed by atoms with van der Waals surface area (Å²) in [6, 6.07) is 14.4. The number of anilines is 5. The first-order valence-electron chi connectivity index (χ1n) is 10.3. The number of amides is 1. The van der Waals surface area contributed by atoms with Gasteiger partial charge < -0.3 is 20.4 Å². The number of halogens is 1. The number of aromatic nitrogens is 2. The maximum atomic E-state index is 12.0. The predicted molar refractivity (Wildman–Crippen MR) is 129 cm³/mol. The Morgan fingerprint density at radius 3 is 2.33 bits per heavy atom. The van der Waals surface area contributed by atoms with Crippen molar-refractivity contribution in [3.63, 3.8) is 0 Å². The molecule has 2 aromatic carbocycles. The summed E-state index contributed by atoms with van der Waals surface area (Å²) in [6.45, 7) is 3.90. The molecule has 11 heteroatoms. The molecule has 3 aromatic rings. The van der Waals surface area contributed by atoms with Gasteiger partial charge in [-0.2, -0.15) is 0 Å². The summed E-state index contributed by atoms with van der Waals surface area (Å²) in [5, 5.41) is 18.3. The van der Waals surface area contributed by atoms with E-state index in [1.165, 1.54) is 13.3 Å². The van der Waals surface area contributed by atoms with Crippen LogP contribution in [0, 0.1) is 10.1 Å². The molecule has 4 rings (SSSR count). The third-order valence-electron chi connectivity index (χ3n) is 5.21. The standard InChI is InChI=1S/C22H22ClN7O3/c1-15(31)26-17-5-7-18(8-6-17)27-21-20(30(32)33)22(25-14-24-21)29-11-9-28(10-12-29)19-4-2-3-16(23)13-19/h2-8,13-14H,9-12H2,1H3,(H,26,31)(H,24,25,27). The second-order valence-corrected chi connectivity index (χ2v) is 7.93. The fourth-order valence-electron chi connectivity index (χ4n) is 3.69. The quantitative estimate of drug-likeness (QED) is 0.411. The Morgan fingerprint density at radius 1 is 1.03 bits per heavy atom. The van der Waals surface area contributed by atoms with Crippen molar-refractivity contribution in [1.82, 2.24) is 9.97 Å². The number of piperazine rings is 1. The molecule has 0 bridgehead atoms. The molecule has 0 radical (unpaired) electrons. The molecule has 1 aromatic heterocycles. The SMILES string of the molecule is CC(=O)Nc1ccc(Nc2ncnc(N3CCN(c4cccc(Cl)c4)CC3)c2[N+](=O)[O-])cc1. The van der Waals surface area contributed by atoms with Crippen LogP contribution in [-0.2, 0) is 4.79 Å². The monoisotopic (exact) mass is 467 g/mol. The number of nitrogens with one attached hydrogen (secondary N) is 2. The molecule has 2 N–H and O–H groups in total. The van der Waals surface area contributed by atoms with Crippen LogP contribution >= 0.6 is 11.6 Å². The molecule has 1 fully saturated rings. The largest absolute Gasteiger partial charge is 0.368 e. The smallest absolute Gasteiger partial charge is 0.353 e. The van der Waals surface area contributed by atoms with Crippen LogP contribution in [0.25, 0.3) is 0 Å². The number of nitrogens with zero attached hydrogens (tertiary/aromatic N) is 5. The maximum absolute atomic E-state index is 12.0. The lowest BCUT2D eigenvalue weighted by Crippen LogP contribution is -2.47. The van der Waals surface area contributed by atoms with E-state index in [9.17, 15) is 14.9 Å². The van der Waals surface area contributed by atoms with Crippen LogP contribution in [0.2, 0.25) is 5.02 Å². The highest BCUT2D eigenvalue weighted by molar-refractivity contribution is 6.30. The normalized spacial score (nSPS) is 13.5. The van der Waals surface area contributed by atoms with Crippen LogP contribution in [-0.4, -0.2) is 47.0 Å². The van der Waals surface area contributed by atoms with Gasteiger partial charge in [-0.3, -0.25) is 14.9 Å². The van der Waals surface area contributed by atoms with Gasteiger partial charge >= 0.3 is 5.69 Å². The molecule has 33 heavy (non-hydrogen) atoms. The summed E-state index contributed by atoms with van der Waals surface area (Å²) in [5.74, 6) is 0.204. The first-order valence-corrected chi connectivity index (χ1v) is 10.7. The van der Waals surface area contributed by atoms with E-state index in [0.717, 1.165) is 5.69 Å². The van der Waals surface area contributed by atoms with Crippen LogP contribution in [0.1, 0.15) is 6.92 Å². The second-order valence-electron chi connectivity index (χ2n) is 7.49. The Labute approximate surface area is 195 Å². The highest BCUT2D eigenvalue weighted by atomic mass is 35.5. The zero-order valence-corrected chi connectivity index (χ0v) is 18.6. The van der Waals surface area contributed by atoms with Crippen molar-refractivity contribution in [1.29, 1.82) is 0 Å². The highest BCUT2D eigenvalue weighted by Crippen LogP contribution is 2.34. The van der Waals surface area contributed by atoms with Gasteiger partial charge in [0.25, 0.3) is 0 Å². The Balaban J connectivity index is 1.52. The van der Waals surface area contributed by atoms with Crippen molar-refractivity contribution in [3.8, 4) is 0 Å². The summed E-state index contributed by atoms with van der Waals surface area (Å²) in [7, 11) is 0. The molecular formula is C22H22ClN7O3. The first-order chi connectivity index (χ1) is 15.9. The van der Waals surface area contributed by atoms with Crippen molar-refractivity contribution in [2.24, 2.45) is 0 Å². The van der Waals surface area contributed by atoms with Gasteiger partial charge in [0.15, 0.2) is 0 Å². The fraction of sp³-hybridized carbons (Fsp3) is 0.227. The van der Waals surface area contributed by atoms with Gasteiger partial charge in [-0.05, 0) is 42.5 Å². The number of benzene rings is 2. The van der Waals surface area contributed by atoms with E-state index >= 15 is 0 Å². The van der Waals surface area contributed by atoms with E-state index in [1.807, 2.05) is 29.2 Å². The molecule has 0 unspecified atom stereocenters. The average Bonchev–Trinajstić information content (AvgIpc) is 2.80. The summed E-state index contributed by atoms with van der Waals surface area (Å²) in [5.41, 5.74) is 2.06. The average molecular weight is 468 g/mol. The van der Waals surface area contributed by atoms with Crippen molar-refractivity contribution >= 4 is 51.9 Å². The lowest BCUT2D eigenvalue weighted by Gasteiger charge is -2.36. The number of hydrogen-bond donors (Lipinski definition) is 2. The molecule has 0 aliphatic carbocycles. The van der Waals surface area contributed by atoms with Gasteiger partial charge in [-0.25, -0.2) is 9.97 Å². The molecular weight excluding hydrogens is 446 g/mol. The molecule has 170 valence electrons. The van der Waals surface area contributed by atoms with Crippen molar-refractivity contribution in [2.75, 3.05) is 46.6 Å². The Kier molecular flexibility index (Phi) is 6.55. The van der Waals surface area contributed by atoms with Gasteiger partial charge in [-0.1, -0.05) is 17.7 Å². The zero-order chi connectivity index (χ0) is 23.4. The second kappa shape index (κ2) is 9.70. The molecule has 1 aliphatic heterocycles. The fourth-order valence-corrected chi connectivity index (χ4v) is 3.87. The van der Waals surface area contributed by atoms with Crippen LogP contribution < -0.4 is 20.4 Å². The van der Waals surface area contributed by atoms with Gasteiger partial charge in [0.1, 0.15) is 6.33 Å². The van der Waals surface area contributed by atoms with E-state index < -0.39 is 4.92 Å². The number of hydrogen-bond acceptors (Lipinski definition) is 8. The molecule has 10 nitrogen and oxygen atoms in total. The first kappa shape index (κ1) is 22.3. The van der Waals surface area contributed by atoms with E-state index in [0.29, 0.717) is 42.6 Å². The Morgan fingerprint density at radius 2 is 1.70 bits per heavy atom. The Bertz CT molecular complexity index is 1160. The number of rotatable bonds is 6. The lowest BCUT2D eigenvalue weighted by atomic mass is 10.2. The lowest BCUT2D eigenvalue weighted by molar-refractivity contribution is -0.383. The van der Waals surface area contributed by atoms with Gasteiger partial charge in [-0.15, -0.1) is 0 Å². The maximum Gasteiger partial charge on any atom is 0.353 e. The van der Waals surface area contributed by atoms with Gasteiger partial charge in [0.05, 0.1) is 4.92 Å². The minimum absolute atomic E-state index is 0.106. The van der Waals surface area contributed by atoms with E-state index in [2.05, 4.69) is 25.5 Å². The third kappa shape index (κ3) is 5.29. The molecule has 1 aliphatic rings.